The number of imide groups is 1. The summed E-state index contributed by atoms with van der Waals surface area (Å²) in [7, 11) is 0. The van der Waals surface area contributed by atoms with E-state index in [-0.39, 0.29) is 11.5 Å². The molecular formula is C28H26N4O4. The average Bonchev–Trinajstić information content (AvgIpc) is 3.34. The number of anilines is 1. The number of carboxylic acids is 1. The minimum Gasteiger partial charge on any atom is -0.478 e. The Kier molecular flexibility index (Phi) is 6.01. The summed E-state index contributed by atoms with van der Waals surface area (Å²) >= 11 is 0. The maximum Gasteiger partial charge on any atom is 0.336 e. The van der Waals surface area contributed by atoms with Crippen molar-refractivity contribution in [3.8, 4) is 11.1 Å². The summed E-state index contributed by atoms with van der Waals surface area (Å²) < 4.78 is 2.12. The molecule has 0 aliphatic carbocycles. The van der Waals surface area contributed by atoms with Crippen LogP contribution in [0.25, 0.3) is 22.2 Å². The van der Waals surface area contributed by atoms with Crippen LogP contribution in [0, 0.1) is 0 Å². The minimum absolute atomic E-state index is 0.262. The molecule has 1 aliphatic rings. The highest BCUT2D eigenvalue weighted by molar-refractivity contribution is 6.21. The minimum atomic E-state index is -0.959. The number of aromatic carboxylic acids is 1. The number of imidazole rings is 1. The van der Waals surface area contributed by atoms with E-state index < -0.39 is 18.0 Å². The summed E-state index contributed by atoms with van der Waals surface area (Å²) in [4.78, 5) is 42.5. The smallest absolute Gasteiger partial charge is 0.336 e. The lowest BCUT2D eigenvalue weighted by Crippen LogP contribution is -2.30. The van der Waals surface area contributed by atoms with Crippen molar-refractivity contribution in [3.63, 3.8) is 0 Å². The molecule has 2 N–H and O–H groups in total. The molecule has 0 saturated carbocycles. The van der Waals surface area contributed by atoms with Crippen molar-refractivity contribution in [2.75, 3.05) is 4.90 Å². The SMILES string of the molecule is CCCc1nc2ccc(N3C(=O)NC(C)C3=O)cc2n1Cc1ccc(-c2ccccc2C(=O)O)cc1. The van der Waals surface area contributed by atoms with E-state index in [9.17, 15) is 19.5 Å². The number of fused-ring (bicyclic) bond motifs is 1. The van der Waals surface area contributed by atoms with Crippen molar-refractivity contribution in [1.82, 2.24) is 14.9 Å². The van der Waals surface area contributed by atoms with Gasteiger partial charge in [-0.3, -0.25) is 4.79 Å². The largest absolute Gasteiger partial charge is 0.478 e. The highest BCUT2D eigenvalue weighted by Gasteiger charge is 2.36. The molecule has 3 aromatic carbocycles. The van der Waals surface area contributed by atoms with Gasteiger partial charge in [0.15, 0.2) is 0 Å². The first-order valence-electron chi connectivity index (χ1n) is 11.9. The number of carbonyl (C=O) groups is 3. The number of carbonyl (C=O) groups excluding carboxylic acids is 2. The van der Waals surface area contributed by atoms with Gasteiger partial charge in [0.2, 0.25) is 0 Å². The molecule has 0 spiro atoms. The second-order valence-corrected chi connectivity index (χ2v) is 8.93. The monoisotopic (exact) mass is 482 g/mol. The van der Waals surface area contributed by atoms with Gasteiger partial charge >= 0.3 is 12.0 Å². The Hall–Kier alpha value is -4.46. The van der Waals surface area contributed by atoms with Crippen LogP contribution in [0.3, 0.4) is 0 Å². The van der Waals surface area contributed by atoms with E-state index in [1.807, 2.05) is 42.5 Å². The lowest BCUT2D eigenvalue weighted by Gasteiger charge is -2.14. The van der Waals surface area contributed by atoms with Gasteiger partial charge in [-0.2, -0.15) is 0 Å². The molecule has 1 saturated heterocycles. The molecule has 1 aliphatic heterocycles. The van der Waals surface area contributed by atoms with Gasteiger partial charge in [-0.1, -0.05) is 49.4 Å². The summed E-state index contributed by atoms with van der Waals surface area (Å²) in [6.07, 6.45) is 1.71. The fourth-order valence-corrected chi connectivity index (χ4v) is 4.63. The number of aromatic nitrogens is 2. The zero-order valence-corrected chi connectivity index (χ0v) is 20.1. The molecule has 5 rings (SSSR count). The molecular weight excluding hydrogens is 456 g/mol. The Bertz CT molecular complexity index is 1490. The summed E-state index contributed by atoms with van der Waals surface area (Å²) in [6.45, 7) is 4.31. The number of urea groups is 1. The molecule has 1 fully saturated rings. The first kappa shape index (κ1) is 23.3. The van der Waals surface area contributed by atoms with Gasteiger partial charge in [0.05, 0.1) is 22.3 Å². The molecule has 1 aromatic heterocycles. The zero-order valence-electron chi connectivity index (χ0n) is 20.1. The molecule has 182 valence electrons. The number of nitrogens with one attached hydrogen (secondary N) is 1. The van der Waals surface area contributed by atoms with Crippen molar-refractivity contribution < 1.29 is 19.5 Å². The number of benzene rings is 3. The van der Waals surface area contributed by atoms with Gasteiger partial charge in [0.25, 0.3) is 5.91 Å². The Morgan fingerprint density at radius 1 is 1.06 bits per heavy atom. The molecule has 1 unspecified atom stereocenters. The third-order valence-electron chi connectivity index (χ3n) is 6.44. The number of rotatable bonds is 7. The van der Waals surface area contributed by atoms with E-state index in [0.717, 1.165) is 40.8 Å². The maximum atomic E-state index is 12.5. The first-order valence-corrected chi connectivity index (χ1v) is 11.9. The van der Waals surface area contributed by atoms with Crippen molar-refractivity contribution in [3.05, 3.63) is 83.7 Å². The molecule has 0 radical (unpaired) electrons. The normalized spacial score (nSPS) is 15.5. The Morgan fingerprint density at radius 3 is 2.47 bits per heavy atom. The van der Waals surface area contributed by atoms with Gasteiger partial charge in [0.1, 0.15) is 11.9 Å². The fraction of sp³-hybridized carbons (Fsp3) is 0.214. The van der Waals surface area contributed by atoms with Gasteiger partial charge in [-0.25, -0.2) is 19.5 Å². The quantitative estimate of drug-likeness (QED) is 0.367. The number of hydrogen-bond donors (Lipinski definition) is 2. The number of nitrogens with zero attached hydrogens (tertiary/aromatic N) is 3. The van der Waals surface area contributed by atoms with E-state index in [1.165, 1.54) is 4.90 Å². The van der Waals surface area contributed by atoms with Gasteiger partial charge < -0.3 is 15.0 Å². The second-order valence-electron chi connectivity index (χ2n) is 8.93. The van der Waals surface area contributed by atoms with Crippen LogP contribution in [0.15, 0.2) is 66.7 Å². The van der Waals surface area contributed by atoms with E-state index in [4.69, 9.17) is 4.98 Å². The molecule has 4 aromatic rings. The summed E-state index contributed by atoms with van der Waals surface area (Å²) in [5.74, 6) is -0.314. The fourth-order valence-electron chi connectivity index (χ4n) is 4.63. The molecule has 8 heteroatoms. The average molecular weight is 483 g/mol. The molecule has 0 bridgehead atoms. The summed E-state index contributed by atoms with van der Waals surface area (Å²) in [5, 5.41) is 12.2. The molecule has 8 nitrogen and oxygen atoms in total. The summed E-state index contributed by atoms with van der Waals surface area (Å²) in [6, 6.07) is 19.2. The van der Waals surface area contributed by atoms with Crippen molar-refractivity contribution in [2.45, 2.75) is 39.3 Å². The van der Waals surface area contributed by atoms with Gasteiger partial charge in [-0.15, -0.1) is 0 Å². The van der Waals surface area contributed by atoms with Crippen LogP contribution in [0.1, 0.15) is 42.0 Å². The number of hydrogen-bond acceptors (Lipinski definition) is 4. The first-order chi connectivity index (χ1) is 17.4. The number of aryl methyl sites for hydroxylation is 1. The van der Waals surface area contributed by atoms with Gasteiger partial charge in [0, 0.05) is 13.0 Å². The van der Waals surface area contributed by atoms with Gasteiger partial charge in [-0.05, 0) is 54.3 Å². The standard InChI is InChI=1S/C28H26N4O4/c1-3-6-25-30-23-14-13-20(32-26(33)17(2)29-28(32)36)15-24(23)31(25)16-18-9-11-19(12-10-18)21-7-4-5-8-22(21)27(34)35/h4-5,7-15,17H,3,6,16H2,1-2H3,(H,29,36)(H,34,35). The Morgan fingerprint density at radius 2 is 1.81 bits per heavy atom. The molecule has 3 amide bonds. The number of amides is 3. The lowest BCUT2D eigenvalue weighted by molar-refractivity contribution is -0.117. The molecule has 1 atom stereocenters. The maximum absolute atomic E-state index is 12.5. The van der Waals surface area contributed by atoms with Crippen molar-refractivity contribution >= 4 is 34.6 Å². The van der Waals surface area contributed by atoms with Crippen molar-refractivity contribution in [2.24, 2.45) is 0 Å². The van der Waals surface area contributed by atoms with Crippen LogP contribution < -0.4 is 10.2 Å². The zero-order chi connectivity index (χ0) is 25.4. The van der Waals surface area contributed by atoms with Crippen LogP contribution >= 0.6 is 0 Å². The molecule has 2 heterocycles. The predicted molar refractivity (Wildman–Crippen MR) is 137 cm³/mol. The van der Waals surface area contributed by atoms with E-state index in [2.05, 4.69) is 16.8 Å². The van der Waals surface area contributed by atoms with E-state index in [0.29, 0.717) is 17.8 Å². The van der Waals surface area contributed by atoms with Crippen molar-refractivity contribution in [1.29, 1.82) is 0 Å². The topological polar surface area (TPSA) is 105 Å². The van der Waals surface area contributed by atoms with Crippen LogP contribution in [0.5, 0.6) is 0 Å². The highest BCUT2D eigenvalue weighted by atomic mass is 16.4. The highest BCUT2D eigenvalue weighted by Crippen LogP contribution is 2.28. The predicted octanol–water partition coefficient (Wildman–Crippen LogP) is 4.85. The Labute approximate surface area is 208 Å². The lowest BCUT2D eigenvalue weighted by atomic mass is 9.99. The van der Waals surface area contributed by atoms with Crippen LogP contribution in [-0.4, -0.2) is 38.6 Å². The third-order valence-corrected chi connectivity index (χ3v) is 6.44. The summed E-state index contributed by atoms with van der Waals surface area (Å²) in [5.41, 5.74) is 4.94. The Balaban J connectivity index is 1.51. The second kappa shape index (κ2) is 9.30. The number of carboxylic acid groups (broad SMARTS) is 1. The van der Waals surface area contributed by atoms with E-state index in [1.54, 1.807) is 31.2 Å². The van der Waals surface area contributed by atoms with Crippen LogP contribution in [0.2, 0.25) is 0 Å². The van der Waals surface area contributed by atoms with E-state index >= 15 is 0 Å². The van der Waals surface area contributed by atoms with Crippen LogP contribution in [-0.2, 0) is 17.8 Å². The third kappa shape index (κ3) is 4.11. The van der Waals surface area contributed by atoms with Crippen LogP contribution in [0.4, 0.5) is 10.5 Å². The molecule has 36 heavy (non-hydrogen) atoms.